The molecule has 0 aliphatic rings. The number of hydrogen-bond acceptors (Lipinski definition) is 1. The fraction of sp³-hybridized carbons (Fsp3) is 0.714. The van der Waals surface area contributed by atoms with Crippen LogP contribution in [-0.2, 0) is 0 Å². The highest BCUT2D eigenvalue weighted by Gasteiger charge is 1.98. The lowest BCUT2D eigenvalue weighted by Crippen LogP contribution is -2.24. The molecule has 0 aliphatic heterocycles. The van der Waals surface area contributed by atoms with Crippen molar-refractivity contribution in [2.24, 2.45) is 5.92 Å². The Balaban J connectivity index is 3.86. The van der Waals surface area contributed by atoms with E-state index in [0.29, 0.717) is 5.92 Å². The lowest BCUT2D eigenvalue weighted by molar-refractivity contribution is 0.307. The number of allylic oxidation sites excluding steroid dienone is 3. The first kappa shape index (κ1) is 14.4. The standard InChI is InChI=1S/C14H27N/c1-6-15(7-2)12-11-14(5)10-8-9-13(3)4/h8-10,13H,6-7,11-12H2,1-5H3. The van der Waals surface area contributed by atoms with Crippen molar-refractivity contribution in [3.63, 3.8) is 0 Å². The Morgan fingerprint density at radius 3 is 2.27 bits per heavy atom. The number of hydrogen-bond donors (Lipinski definition) is 0. The Morgan fingerprint density at radius 2 is 1.80 bits per heavy atom. The van der Waals surface area contributed by atoms with Gasteiger partial charge in [0, 0.05) is 6.54 Å². The van der Waals surface area contributed by atoms with Gasteiger partial charge < -0.3 is 4.90 Å². The van der Waals surface area contributed by atoms with Crippen LogP contribution in [0.25, 0.3) is 0 Å². The summed E-state index contributed by atoms with van der Waals surface area (Å²) < 4.78 is 0. The summed E-state index contributed by atoms with van der Waals surface area (Å²) >= 11 is 0. The van der Waals surface area contributed by atoms with Gasteiger partial charge >= 0.3 is 0 Å². The van der Waals surface area contributed by atoms with E-state index < -0.39 is 0 Å². The highest BCUT2D eigenvalue weighted by molar-refractivity contribution is 5.11. The van der Waals surface area contributed by atoms with E-state index in [-0.39, 0.29) is 0 Å². The van der Waals surface area contributed by atoms with Crippen molar-refractivity contribution >= 4 is 0 Å². The summed E-state index contributed by atoms with van der Waals surface area (Å²) in [6.07, 6.45) is 7.84. The molecule has 0 atom stereocenters. The summed E-state index contributed by atoms with van der Waals surface area (Å²) in [5, 5.41) is 0. The van der Waals surface area contributed by atoms with Crippen LogP contribution in [0.4, 0.5) is 0 Å². The van der Waals surface area contributed by atoms with E-state index in [4.69, 9.17) is 0 Å². The Hall–Kier alpha value is -0.560. The maximum Gasteiger partial charge on any atom is 0.00183 e. The molecule has 0 amide bonds. The van der Waals surface area contributed by atoms with Crippen LogP contribution in [-0.4, -0.2) is 24.5 Å². The fourth-order valence-corrected chi connectivity index (χ4v) is 1.40. The van der Waals surface area contributed by atoms with Crippen molar-refractivity contribution in [1.82, 2.24) is 4.90 Å². The zero-order valence-electron chi connectivity index (χ0n) is 11.1. The van der Waals surface area contributed by atoms with Crippen molar-refractivity contribution in [3.05, 3.63) is 23.8 Å². The number of rotatable bonds is 7. The molecule has 0 unspecified atom stereocenters. The van der Waals surface area contributed by atoms with Crippen molar-refractivity contribution < 1.29 is 0 Å². The predicted octanol–water partition coefficient (Wildman–Crippen LogP) is 3.88. The van der Waals surface area contributed by atoms with Crippen LogP contribution in [0.5, 0.6) is 0 Å². The van der Waals surface area contributed by atoms with E-state index in [9.17, 15) is 0 Å². The van der Waals surface area contributed by atoms with Gasteiger partial charge in [0.2, 0.25) is 0 Å². The molecule has 0 spiro atoms. The average Bonchev–Trinajstić information content (AvgIpc) is 2.18. The van der Waals surface area contributed by atoms with E-state index in [1.807, 2.05) is 0 Å². The zero-order chi connectivity index (χ0) is 11.7. The summed E-state index contributed by atoms with van der Waals surface area (Å²) in [5.74, 6) is 0.650. The minimum Gasteiger partial charge on any atom is -0.304 e. The minimum absolute atomic E-state index is 0.650. The third kappa shape index (κ3) is 8.44. The van der Waals surface area contributed by atoms with Crippen LogP contribution in [0.15, 0.2) is 23.8 Å². The maximum absolute atomic E-state index is 2.46. The first-order chi connectivity index (χ1) is 7.10. The lowest BCUT2D eigenvalue weighted by atomic mass is 10.1. The van der Waals surface area contributed by atoms with Crippen molar-refractivity contribution in [3.8, 4) is 0 Å². The third-order valence-corrected chi connectivity index (χ3v) is 2.59. The van der Waals surface area contributed by atoms with Crippen LogP contribution in [0.2, 0.25) is 0 Å². The summed E-state index contributed by atoms with van der Waals surface area (Å²) in [4.78, 5) is 2.46. The molecule has 1 heteroatoms. The van der Waals surface area contributed by atoms with Crippen LogP contribution < -0.4 is 0 Å². The normalized spacial score (nSPS) is 13.4. The van der Waals surface area contributed by atoms with Crippen LogP contribution >= 0.6 is 0 Å². The Bertz CT molecular complexity index is 197. The molecule has 0 aromatic heterocycles. The van der Waals surface area contributed by atoms with Gasteiger partial charge in [-0.2, -0.15) is 0 Å². The summed E-state index contributed by atoms with van der Waals surface area (Å²) in [6, 6.07) is 0. The van der Waals surface area contributed by atoms with Gasteiger partial charge in [0.25, 0.3) is 0 Å². The molecule has 0 radical (unpaired) electrons. The minimum atomic E-state index is 0.650. The Kier molecular flexibility index (Phi) is 8.40. The van der Waals surface area contributed by atoms with Crippen LogP contribution in [0.3, 0.4) is 0 Å². The molecule has 1 nitrogen and oxygen atoms in total. The summed E-state index contributed by atoms with van der Waals surface area (Å²) in [7, 11) is 0. The molecule has 15 heavy (non-hydrogen) atoms. The topological polar surface area (TPSA) is 3.24 Å². The van der Waals surface area contributed by atoms with Gasteiger partial charge in [0.05, 0.1) is 0 Å². The highest BCUT2D eigenvalue weighted by atomic mass is 15.1. The van der Waals surface area contributed by atoms with Gasteiger partial charge in [-0.05, 0) is 32.4 Å². The van der Waals surface area contributed by atoms with Crippen molar-refractivity contribution in [1.29, 1.82) is 0 Å². The van der Waals surface area contributed by atoms with Crippen LogP contribution in [0.1, 0.15) is 41.0 Å². The molecule has 0 N–H and O–H groups in total. The Labute approximate surface area is 95.9 Å². The first-order valence-electron chi connectivity index (χ1n) is 6.16. The predicted molar refractivity (Wildman–Crippen MR) is 70.1 cm³/mol. The van der Waals surface area contributed by atoms with E-state index in [2.05, 4.69) is 57.7 Å². The highest BCUT2D eigenvalue weighted by Crippen LogP contribution is 2.03. The molecule has 0 saturated carbocycles. The molecule has 0 bridgehead atoms. The molecule has 0 aromatic carbocycles. The zero-order valence-corrected chi connectivity index (χ0v) is 11.1. The molecule has 0 saturated heterocycles. The van der Waals surface area contributed by atoms with Gasteiger partial charge in [0.15, 0.2) is 0 Å². The van der Waals surface area contributed by atoms with Crippen molar-refractivity contribution in [2.75, 3.05) is 19.6 Å². The van der Waals surface area contributed by atoms with Gasteiger partial charge in [-0.25, -0.2) is 0 Å². The second kappa shape index (κ2) is 8.72. The van der Waals surface area contributed by atoms with E-state index in [1.54, 1.807) is 0 Å². The molecular formula is C14H27N. The molecule has 0 fully saturated rings. The molecule has 0 heterocycles. The first-order valence-corrected chi connectivity index (χ1v) is 6.16. The third-order valence-electron chi connectivity index (χ3n) is 2.59. The fourth-order valence-electron chi connectivity index (χ4n) is 1.40. The SMILES string of the molecule is CCN(CC)CCC(C)=CC=CC(C)C. The van der Waals surface area contributed by atoms with Gasteiger partial charge in [0.1, 0.15) is 0 Å². The molecular weight excluding hydrogens is 182 g/mol. The monoisotopic (exact) mass is 209 g/mol. The second-order valence-corrected chi connectivity index (χ2v) is 4.42. The smallest absolute Gasteiger partial charge is 0.00183 e. The number of nitrogens with zero attached hydrogens (tertiary/aromatic N) is 1. The molecule has 0 rings (SSSR count). The van der Waals surface area contributed by atoms with E-state index >= 15 is 0 Å². The van der Waals surface area contributed by atoms with Gasteiger partial charge in [-0.1, -0.05) is 51.5 Å². The van der Waals surface area contributed by atoms with Gasteiger partial charge in [-0.3, -0.25) is 0 Å². The largest absolute Gasteiger partial charge is 0.304 e. The molecule has 0 aromatic rings. The van der Waals surface area contributed by atoms with Gasteiger partial charge in [-0.15, -0.1) is 0 Å². The molecule has 0 aliphatic carbocycles. The van der Waals surface area contributed by atoms with Crippen LogP contribution in [0, 0.1) is 5.92 Å². The van der Waals surface area contributed by atoms with Crippen molar-refractivity contribution in [2.45, 2.75) is 41.0 Å². The average molecular weight is 209 g/mol. The summed E-state index contributed by atoms with van der Waals surface area (Å²) in [6.45, 7) is 14.6. The Morgan fingerprint density at radius 1 is 1.20 bits per heavy atom. The van der Waals surface area contributed by atoms with E-state index in [0.717, 1.165) is 13.1 Å². The quantitative estimate of drug-likeness (QED) is 0.575. The maximum atomic E-state index is 2.46. The van der Waals surface area contributed by atoms with E-state index in [1.165, 1.54) is 18.5 Å². The second-order valence-electron chi connectivity index (χ2n) is 4.42. The lowest BCUT2D eigenvalue weighted by Gasteiger charge is -2.17. The summed E-state index contributed by atoms with van der Waals surface area (Å²) in [5.41, 5.74) is 1.47. The molecule has 88 valence electrons.